The van der Waals surface area contributed by atoms with Gasteiger partial charge in [0.05, 0.1) is 9.85 Å². The van der Waals surface area contributed by atoms with E-state index in [1.165, 1.54) is 24.3 Å². The fourth-order valence-electron chi connectivity index (χ4n) is 3.63. The van der Waals surface area contributed by atoms with Crippen LogP contribution in [0.4, 0.5) is 11.4 Å². The van der Waals surface area contributed by atoms with Gasteiger partial charge in [0.1, 0.15) is 0 Å². The lowest BCUT2D eigenvalue weighted by Crippen LogP contribution is -2.07. The van der Waals surface area contributed by atoms with E-state index >= 15 is 0 Å². The molecule has 0 bridgehead atoms. The number of hydrogen-bond acceptors (Lipinski definition) is 8. The van der Waals surface area contributed by atoms with E-state index in [4.69, 9.17) is 0 Å². The van der Waals surface area contributed by atoms with E-state index in [1.807, 2.05) is 0 Å². The number of nitro groups is 2. The van der Waals surface area contributed by atoms with Crippen molar-refractivity contribution in [3.05, 3.63) is 115 Å². The minimum atomic E-state index is -0.803. The van der Waals surface area contributed by atoms with E-state index in [2.05, 4.69) is 0 Å². The van der Waals surface area contributed by atoms with Crippen LogP contribution in [0.3, 0.4) is 0 Å². The van der Waals surface area contributed by atoms with Gasteiger partial charge in [0.25, 0.3) is 0 Å². The number of fused-ring (bicyclic) bond motifs is 1. The van der Waals surface area contributed by atoms with Crippen molar-refractivity contribution >= 4 is 33.7 Å². The van der Waals surface area contributed by atoms with Gasteiger partial charge in [-0.15, -0.1) is 0 Å². The van der Waals surface area contributed by atoms with Crippen LogP contribution in [0.25, 0.3) is 10.8 Å². The van der Waals surface area contributed by atoms with Gasteiger partial charge in [0, 0.05) is 34.4 Å². The van der Waals surface area contributed by atoms with Crippen molar-refractivity contribution in [3.8, 4) is 11.5 Å². The van der Waals surface area contributed by atoms with E-state index in [1.54, 1.807) is 24.3 Å². The molecule has 0 saturated carbocycles. The first-order valence-electron chi connectivity index (χ1n) is 9.75. The third kappa shape index (κ3) is 3.79. The SMILES string of the molecule is O=C(c1ccc(O)c([N+](=O)[O-])c1)c1ccc(C(=O)c2ccc(O)c([N+](=O)[O-])c2)c2ccccc12. The molecule has 2 N–H and O–H groups in total. The summed E-state index contributed by atoms with van der Waals surface area (Å²) >= 11 is 0. The predicted octanol–water partition coefficient (Wildman–Crippen LogP) is 4.53. The highest BCUT2D eigenvalue weighted by Crippen LogP contribution is 2.32. The first kappa shape index (κ1) is 22.1. The van der Waals surface area contributed by atoms with Crippen LogP contribution in [0.5, 0.6) is 11.5 Å². The molecule has 4 aromatic carbocycles. The number of carbonyl (C=O) groups excluding carboxylic acids is 2. The molecule has 168 valence electrons. The molecule has 0 amide bonds. The van der Waals surface area contributed by atoms with Crippen LogP contribution in [0.2, 0.25) is 0 Å². The number of benzene rings is 4. The molecule has 0 fully saturated rings. The molecule has 0 aromatic heterocycles. The summed E-state index contributed by atoms with van der Waals surface area (Å²) in [4.78, 5) is 47.0. The van der Waals surface area contributed by atoms with Crippen molar-refractivity contribution in [1.29, 1.82) is 0 Å². The molecule has 0 radical (unpaired) electrons. The van der Waals surface area contributed by atoms with E-state index in [0.29, 0.717) is 10.8 Å². The number of nitro benzene ring substituents is 2. The predicted molar refractivity (Wildman–Crippen MR) is 120 cm³/mol. The van der Waals surface area contributed by atoms with Crippen LogP contribution in [0.15, 0.2) is 72.8 Å². The number of nitrogens with zero attached hydrogens (tertiary/aromatic N) is 2. The van der Waals surface area contributed by atoms with E-state index in [9.17, 15) is 40.0 Å². The Balaban J connectivity index is 1.83. The van der Waals surface area contributed by atoms with Gasteiger partial charge in [-0.2, -0.15) is 0 Å². The summed E-state index contributed by atoms with van der Waals surface area (Å²) in [6.07, 6.45) is 0. The van der Waals surface area contributed by atoms with Gasteiger partial charge in [0.2, 0.25) is 0 Å². The molecule has 0 aliphatic rings. The highest BCUT2D eigenvalue weighted by molar-refractivity contribution is 6.22. The Morgan fingerprint density at radius 3 is 1.35 bits per heavy atom. The molecule has 4 aromatic rings. The Morgan fingerprint density at radius 1 is 0.618 bits per heavy atom. The molecule has 4 rings (SSSR count). The summed E-state index contributed by atoms with van der Waals surface area (Å²) in [6.45, 7) is 0. The second-order valence-electron chi connectivity index (χ2n) is 7.29. The summed E-state index contributed by atoms with van der Waals surface area (Å²) in [7, 11) is 0. The topological polar surface area (TPSA) is 161 Å². The van der Waals surface area contributed by atoms with Gasteiger partial charge in [-0.05, 0) is 47.2 Å². The van der Waals surface area contributed by atoms with Crippen LogP contribution in [-0.4, -0.2) is 31.6 Å². The smallest absolute Gasteiger partial charge is 0.311 e. The Labute approximate surface area is 190 Å². The van der Waals surface area contributed by atoms with Crippen LogP contribution < -0.4 is 0 Å². The second kappa shape index (κ2) is 8.43. The average Bonchev–Trinajstić information content (AvgIpc) is 2.82. The Morgan fingerprint density at radius 2 is 1.00 bits per heavy atom. The van der Waals surface area contributed by atoms with Crippen LogP contribution >= 0.6 is 0 Å². The van der Waals surface area contributed by atoms with Crippen LogP contribution in [-0.2, 0) is 0 Å². The maximum atomic E-state index is 13.2. The van der Waals surface area contributed by atoms with Gasteiger partial charge < -0.3 is 10.2 Å². The number of rotatable bonds is 6. The zero-order valence-electron chi connectivity index (χ0n) is 17.2. The highest BCUT2D eigenvalue weighted by atomic mass is 16.6. The third-order valence-electron chi connectivity index (χ3n) is 5.28. The third-order valence-corrected chi connectivity index (χ3v) is 5.28. The lowest BCUT2D eigenvalue weighted by molar-refractivity contribution is -0.386. The maximum absolute atomic E-state index is 13.2. The lowest BCUT2D eigenvalue weighted by atomic mass is 9.91. The second-order valence-corrected chi connectivity index (χ2v) is 7.29. The Bertz CT molecular complexity index is 1410. The standard InChI is InChI=1S/C24H14N2O8/c27-21-9-5-13(11-19(21)25(31)32)23(29)17-7-8-18(16-4-2-1-3-15(16)17)24(30)14-6-10-22(28)20(12-14)26(33)34/h1-12,27-28H. The van der Waals surface area contributed by atoms with E-state index < -0.39 is 44.3 Å². The number of phenols is 2. The van der Waals surface area contributed by atoms with Crippen LogP contribution in [0, 0.1) is 20.2 Å². The summed E-state index contributed by atoms with van der Waals surface area (Å²) in [5.41, 5.74) is -0.940. The van der Waals surface area contributed by atoms with Crippen LogP contribution in [0.1, 0.15) is 31.8 Å². The fraction of sp³-hybridized carbons (Fsp3) is 0. The summed E-state index contributed by atoms with van der Waals surface area (Å²) in [6, 6.07) is 15.9. The minimum Gasteiger partial charge on any atom is -0.502 e. The quantitative estimate of drug-likeness (QED) is 0.242. The lowest BCUT2D eigenvalue weighted by Gasteiger charge is -2.11. The van der Waals surface area contributed by atoms with Gasteiger partial charge in [0.15, 0.2) is 23.1 Å². The molecule has 0 atom stereocenters. The molecule has 10 nitrogen and oxygen atoms in total. The van der Waals surface area contributed by atoms with Gasteiger partial charge in [-0.3, -0.25) is 29.8 Å². The number of carbonyl (C=O) groups is 2. The zero-order chi connectivity index (χ0) is 24.6. The molecule has 34 heavy (non-hydrogen) atoms. The molecule has 0 unspecified atom stereocenters. The summed E-state index contributed by atoms with van der Waals surface area (Å²) in [5, 5.41) is 42.3. The number of aromatic hydroxyl groups is 2. The molecular weight excluding hydrogens is 444 g/mol. The molecule has 0 heterocycles. The molecule has 0 saturated heterocycles. The summed E-state index contributed by atoms with van der Waals surface area (Å²) < 4.78 is 0. The van der Waals surface area contributed by atoms with E-state index in [0.717, 1.165) is 24.3 Å². The monoisotopic (exact) mass is 458 g/mol. The molecule has 0 aliphatic heterocycles. The number of phenolic OH excluding ortho intramolecular Hbond substituents is 2. The van der Waals surface area contributed by atoms with Crippen molar-refractivity contribution in [1.82, 2.24) is 0 Å². The van der Waals surface area contributed by atoms with Crippen molar-refractivity contribution in [2.24, 2.45) is 0 Å². The van der Waals surface area contributed by atoms with Crippen molar-refractivity contribution in [2.75, 3.05) is 0 Å². The van der Waals surface area contributed by atoms with Gasteiger partial charge in [-0.25, -0.2) is 0 Å². The first-order chi connectivity index (χ1) is 16.2. The first-order valence-corrected chi connectivity index (χ1v) is 9.75. The molecule has 0 spiro atoms. The zero-order valence-corrected chi connectivity index (χ0v) is 17.2. The highest BCUT2D eigenvalue weighted by Gasteiger charge is 2.23. The Kier molecular flexibility index (Phi) is 5.48. The maximum Gasteiger partial charge on any atom is 0.311 e. The number of ketones is 2. The number of hydrogen-bond donors (Lipinski definition) is 2. The molecule has 10 heteroatoms. The largest absolute Gasteiger partial charge is 0.502 e. The summed E-state index contributed by atoms with van der Waals surface area (Å²) in [5.74, 6) is -2.26. The minimum absolute atomic E-state index is 0.0251. The van der Waals surface area contributed by atoms with E-state index in [-0.39, 0.29) is 22.3 Å². The van der Waals surface area contributed by atoms with Crippen molar-refractivity contribution < 1.29 is 29.6 Å². The Hall–Kier alpha value is -5.12. The normalized spacial score (nSPS) is 10.7. The van der Waals surface area contributed by atoms with Gasteiger partial charge in [-0.1, -0.05) is 24.3 Å². The van der Waals surface area contributed by atoms with Crippen molar-refractivity contribution in [2.45, 2.75) is 0 Å². The van der Waals surface area contributed by atoms with Gasteiger partial charge >= 0.3 is 11.4 Å². The fourth-order valence-corrected chi connectivity index (χ4v) is 3.63. The molecular formula is C24H14N2O8. The molecule has 0 aliphatic carbocycles. The van der Waals surface area contributed by atoms with Crippen molar-refractivity contribution in [3.63, 3.8) is 0 Å². The average molecular weight is 458 g/mol.